The molecule has 0 aliphatic carbocycles. The van der Waals surface area contributed by atoms with Gasteiger partial charge >= 0.3 is 0 Å². The Morgan fingerprint density at radius 2 is 1.35 bits per heavy atom. The maximum atomic E-state index is 10.8. The van der Waals surface area contributed by atoms with Crippen LogP contribution in [0.1, 0.15) is 45.4 Å². The molecule has 0 spiro atoms. The van der Waals surface area contributed by atoms with E-state index in [0.717, 1.165) is 12.8 Å². The quantitative estimate of drug-likeness (QED) is 0.521. The van der Waals surface area contributed by atoms with Gasteiger partial charge in [0, 0.05) is 0 Å². The second-order valence-corrected chi connectivity index (χ2v) is 4.41. The van der Waals surface area contributed by atoms with E-state index < -0.39 is 11.8 Å². The lowest BCUT2D eigenvalue weighted by atomic mass is 10.1. The lowest BCUT2D eigenvalue weighted by molar-refractivity contribution is -0.121. The Bertz CT molecular complexity index is 216. The summed E-state index contributed by atoms with van der Waals surface area (Å²) in [6.07, 6.45) is 7.05. The van der Waals surface area contributed by atoms with Crippen LogP contribution >= 0.6 is 0 Å². The van der Waals surface area contributed by atoms with Crippen molar-refractivity contribution < 1.29 is 9.59 Å². The van der Waals surface area contributed by atoms with E-state index in [2.05, 4.69) is 6.92 Å². The van der Waals surface area contributed by atoms with Crippen molar-refractivity contribution in [2.45, 2.75) is 45.4 Å². The summed E-state index contributed by atoms with van der Waals surface area (Å²) in [5.41, 5.74) is 10.2. The van der Waals surface area contributed by atoms with Gasteiger partial charge in [0.05, 0.1) is 13.1 Å². The van der Waals surface area contributed by atoms with Crippen molar-refractivity contribution in [1.29, 1.82) is 0 Å². The number of primary amides is 2. The van der Waals surface area contributed by atoms with Crippen molar-refractivity contribution in [3.63, 3.8) is 0 Å². The monoisotopic (exact) mass is 243 g/mol. The van der Waals surface area contributed by atoms with Gasteiger partial charge in [0.25, 0.3) is 0 Å². The van der Waals surface area contributed by atoms with Crippen molar-refractivity contribution in [3.05, 3.63) is 0 Å². The molecule has 0 fully saturated rings. The van der Waals surface area contributed by atoms with E-state index in [0.29, 0.717) is 6.54 Å². The van der Waals surface area contributed by atoms with Gasteiger partial charge in [0.1, 0.15) is 0 Å². The fourth-order valence-electron chi connectivity index (χ4n) is 1.77. The number of carbonyl (C=O) groups is 2. The third-order valence-corrected chi connectivity index (χ3v) is 2.59. The average molecular weight is 243 g/mol. The Balaban J connectivity index is 3.68. The van der Waals surface area contributed by atoms with Crippen LogP contribution in [0.4, 0.5) is 0 Å². The highest BCUT2D eigenvalue weighted by molar-refractivity contribution is 5.79. The number of unbranched alkanes of at least 4 members (excludes halogenated alkanes) is 5. The van der Waals surface area contributed by atoms with Crippen LogP contribution in [-0.4, -0.2) is 36.3 Å². The van der Waals surface area contributed by atoms with Crippen LogP contribution < -0.4 is 11.5 Å². The molecule has 0 saturated heterocycles. The molecular formula is C12H25N3O2. The molecule has 0 radical (unpaired) electrons. The Morgan fingerprint density at radius 1 is 0.882 bits per heavy atom. The number of rotatable bonds is 11. The second kappa shape index (κ2) is 10.1. The van der Waals surface area contributed by atoms with Crippen LogP contribution in [0.25, 0.3) is 0 Å². The van der Waals surface area contributed by atoms with Crippen LogP contribution in [0, 0.1) is 0 Å². The van der Waals surface area contributed by atoms with Gasteiger partial charge in [0.2, 0.25) is 11.8 Å². The first-order chi connectivity index (χ1) is 8.06. The predicted octanol–water partition coefficient (Wildman–Crippen LogP) is 0.620. The van der Waals surface area contributed by atoms with Gasteiger partial charge < -0.3 is 11.5 Å². The van der Waals surface area contributed by atoms with Crippen LogP contribution in [0.2, 0.25) is 0 Å². The zero-order chi connectivity index (χ0) is 13.1. The van der Waals surface area contributed by atoms with E-state index in [9.17, 15) is 9.59 Å². The molecular weight excluding hydrogens is 218 g/mol. The molecule has 0 aromatic heterocycles. The summed E-state index contributed by atoms with van der Waals surface area (Å²) in [5, 5.41) is 0. The summed E-state index contributed by atoms with van der Waals surface area (Å²) in [5.74, 6) is -0.838. The summed E-state index contributed by atoms with van der Waals surface area (Å²) in [4.78, 5) is 23.3. The minimum Gasteiger partial charge on any atom is -0.369 e. The largest absolute Gasteiger partial charge is 0.369 e. The van der Waals surface area contributed by atoms with Crippen LogP contribution in [0.5, 0.6) is 0 Å². The van der Waals surface area contributed by atoms with Gasteiger partial charge in [-0.05, 0) is 13.0 Å². The van der Waals surface area contributed by atoms with Gasteiger partial charge in [0.15, 0.2) is 0 Å². The lowest BCUT2D eigenvalue weighted by Crippen LogP contribution is -2.40. The normalized spacial score (nSPS) is 10.7. The van der Waals surface area contributed by atoms with E-state index in [4.69, 9.17) is 11.5 Å². The molecule has 100 valence electrons. The molecule has 2 amide bonds. The minimum atomic E-state index is -0.419. The van der Waals surface area contributed by atoms with Crippen molar-refractivity contribution in [1.82, 2.24) is 4.90 Å². The standard InChI is InChI=1S/C12H25N3O2/c1-2-3-4-5-6-7-8-15(9-11(13)16)10-12(14)17/h2-10H2,1H3,(H2,13,16)(H2,14,17). The van der Waals surface area contributed by atoms with Crippen molar-refractivity contribution in [3.8, 4) is 0 Å². The highest BCUT2D eigenvalue weighted by Crippen LogP contribution is 2.05. The number of hydrogen-bond acceptors (Lipinski definition) is 3. The summed E-state index contributed by atoms with van der Waals surface area (Å²) in [6.45, 7) is 3.11. The molecule has 0 heterocycles. The van der Waals surface area contributed by atoms with Crippen molar-refractivity contribution in [2.24, 2.45) is 11.5 Å². The topological polar surface area (TPSA) is 89.4 Å². The van der Waals surface area contributed by atoms with Crippen molar-refractivity contribution >= 4 is 11.8 Å². The van der Waals surface area contributed by atoms with Crippen LogP contribution in [0.15, 0.2) is 0 Å². The Morgan fingerprint density at radius 3 is 1.82 bits per heavy atom. The molecule has 0 aliphatic rings. The molecule has 0 bridgehead atoms. The van der Waals surface area contributed by atoms with Crippen molar-refractivity contribution in [2.75, 3.05) is 19.6 Å². The molecule has 0 aromatic rings. The summed E-state index contributed by atoms with van der Waals surface area (Å²) < 4.78 is 0. The first-order valence-electron chi connectivity index (χ1n) is 6.35. The summed E-state index contributed by atoms with van der Waals surface area (Å²) in [6, 6.07) is 0. The van der Waals surface area contributed by atoms with Gasteiger partial charge in [-0.2, -0.15) is 0 Å². The fourth-order valence-corrected chi connectivity index (χ4v) is 1.77. The van der Waals surface area contributed by atoms with Gasteiger partial charge in [-0.3, -0.25) is 14.5 Å². The number of carbonyl (C=O) groups excluding carboxylic acids is 2. The van der Waals surface area contributed by atoms with E-state index in [1.807, 2.05) is 0 Å². The first kappa shape index (κ1) is 15.9. The highest BCUT2D eigenvalue weighted by atomic mass is 16.2. The zero-order valence-electron chi connectivity index (χ0n) is 10.8. The average Bonchev–Trinajstić information content (AvgIpc) is 2.21. The Hall–Kier alpha value is -1.10. The number of nitrogens with two attached hydrogens (primary N) is 2. The number of hydrogen-bond donors (Lipinski definition) is 2. The Labute approximate surface area is 104 Å². The molecule has 17 heavy (non-hydrogen) atoms. The van der Waals surface area contributed by atoms with Crippen LogP contribution in [-0.2, 0) is 9.59 Å². The van der Waals surface area contributed by atoms with Gasteiger partial charge in [-0.15, -0.1) is 0 Å². The Kier molecular flexibility index (Phi) is 9.43. The molecule has 5 heteroatoms. The van der Waals surface area contributed by atoms with E-state index in [1.165, 1.54) is 25.7 Å². The highest BCUT2D eigenvalue weighted by Gasteiger charge is 2.10. The number of nitrogens with zero attached hydrogens (tertiary/aromatic N) is 1. The maximum absolute atomic E-state index is 10.8. The first-order valence-corrected chi connectivity index (χ1v) is 6.35. The zero-order valence-corrected chi connectivity index (χ0v) is 10.8. The molecule has 0 aromatic carbocycles. The SMILES string of the molecule is CCCCCCCCN(CC(N)=O)CC(N)=O. The smallest absolute Gasteiger partial charge is 0.231 e. The summed E-state index contributed by atoms with van der Waals surface area (Å²) in [7, 11) is 0. The van der Waals surface area contributed by atoms with Gasteiger partial charge in [-0.25, -0.2) is 0 Å². The molecule has 0 rings (SSSR count). The lowest BCUT2D eigenvalue weighted by Gasteiger charge is -2.18. The van der Waals surface area contributed by atoms with E-state index >= 15 is 0 Å². The predicted molar refractivity (Wildman–Crippen MR) is 68.2 cm³/mol. The fraction of sp³-hybridized carbons (Fsp3) is 0.833. The molecule has 4 N–H and O–H groups in total. The van der Waals surface area contributed by atoms with E-state index in [1.54, 1.807) is 4.90 Å². The molecule has 0 saturated carbocycles. The summed E-state index contributed by atoms with van der Waals surface area (Å²) >= 11 is 0. The van der Waals surface area contributed by atoms with Gasteiger partial charge in [-0.1, -0.05) is 39.0 Å². The molecule has 0 aliphatic heterocycles. The molecule has 5 nitrogen and oxygen atoms in total. The maximum Gasteiger partial charge on any atom is 0.231 e. The second-order valence-electron chi connectivity index (χ2n) is 4.41. The molecule has 0 unspecified atom stereocenters. The minimum absolute atomic E-state index is 0.109. The van der Waals surface area contributed by atoms with Crippen LogP contribution in [0.3, 0.4) is 0 Å². The number of amides is 2. The molecule has 0 atom stereocenters. The van der Waals surface area contributed by atoms with E-state index in [-0.39, 0.29) is 13.1 Å². The third kappa shape index (κ3) is 11.2. The third-order valence-electron chi connectivity index (χ3n) is 2.59.